The number of nitrogens with zero attached hydrogens (tertiary/aromatic N) is 3. The summed E-state index contributed by atoms with van der Waals surface area (Å²) in [5, 5.41) is 31.0. The number of nitrogens with one attached hydrogen (secondary N) is 1. The van der Waals surface area contributed by atoms with Crippen molar-refractivity contribution in [3.05, 3.63) is 42.8 Å². The normalized spacial score (nSPS) is 17.1. The maximum absolute atomic E-state index is 11.7. The molecule has 0 radical (unpaired) electrons. The number of amides is 1. The molecule has 0 spiro atoms. The molecule has 136 valence electrons. The lowest BCUT2D eigenvalue weighted by molar-refractivity contribution is -0.385. The van der Waals surface area contributed by atoms with Crippen LogP contribution in [-0.2, 0) is 14.3 Å². The van der Waals surface area contributed by atoms with E-state index >= 15 is 0 Å². The highest BCUT2D eigenvalue weighted by Crippen LogP contribution is 2.36. The summed E-state index contributed by atoms with van der Waals surface area (Å²) < 4.78 is 4.61. The standard InChI is InChI=1S/C14H11BrN4O6S/c1-6-8(19(23)24)3-7(12(21)11(6)15)5-16-18-14-17-13(22)9(26-14)4-10(20)25-2/h3-5,21H,1-2H3,(H,17,18,22)/b9-4+,16-5?. The Balaban J connectivity index is 2.25. The van der Waals surface area contributed by atoms with E-state index in [2.05, 4.69) is 36.2 Å². The molecule has 0 atom stereocenters. The molecule has 1 aliphatic heterocycles. The number of ether oxygens (including phenoxy) is 1. The number of benzene rings is 1. The van der Waals surface area contributed by atoms with E-state index in [1.54, 1.807) is 0 Å². The van der Waals surface area contributed by atoms with Gasteiger partial charge in [0.05, 0.1) is 27.6 Å². The third-order valence-electron chi connectivity index (χ3n) is 3.13. The number of hydrogen-bond acceptors (Lipinski definition) is 9. The summed E-state index contributed by atoms with van der Waals surface area (Å²) >= 11 is 3.96. The average Bonchev–Trinajstić information content (AvgIpc) is 2.93. The van der Waals surface area contributed by atoms with Crippen molar-refractivity contribution in [1.82, 2.24) is 5.32 Å². The topological polar surface area (TPSA) is 143 Å². The number of carbonyl (C=O) groups is 2. The van der Waals surface area contributed by atoms with Crippen LogP contribution >= 0.6 is 27.7 Å². The predicted octanol–water partition coefficient (Wildman–Crippen LogP) is 1.98. The minimum absolute atomic E-state index is 0.0678. The SMILES string of the molecule is COC(=O)/C=C1/S/C(=N\N=Cc2cc([N+](=O)[O-])c(C)c(Br)c2O)NC1=O. The number of phenolic OH excluding ortho intramolecular Hbond substituents is 1. The van der Waals surface area contributed by atoms with Crippen molar-refractivity contribution in [2.45, 2.75) is 6.92 Å². The van der Waals surface area contributed by atoms with E-state index in [9.17, 15) is 24.8 Å². The van der Waals surface area contributed by atoms with Crippen molar-refractivity contribution in [2.24, 2.45) is 10.2 Å². The third-order valence-corrected chi connectivity index (χ3v) is 5.00. The summed E-state index contributed by atoms with van der Waals surface area (Å²) in [5.41, 5.74) is 0.140. The summed E-state index contributed by atoms with van der Waals surface area (Å²) in [4.78, 5) is 33.4. The number of thioether (sulfide) groups is 1. The smallest absolute Gasteiger partial charge is 0.331 e. The first-order chi connectivity index (χ1) is 12.2. The predicted molar refractivity (Wildman–Crippen MR) is 98.1 cm³/mol. The zero-order chi connectivity index (χ0) is 19.4. The van der Waals surface area contributed by atoms with Crippen LogP contribution in [0.4, 0.5) is 5.69 Å². The van der Waals surface area contributed by atoms with E-state index in [0.717, 1.165) is 30.1 Å². The van der Waals surface area contributed by atoms with Crippen molar-refractivity contribution >= 4 is 56.6 Å². The second-order valence-corrected chi connectivity index (χ2v) is 6.59. The number of esters is 1. The van der Waals surface area contributed by atoms with E-state index < -0.39 is 16.8 Å². The summed E-state index contributed by atoms with van der Waals surface area (Å²) in [5.74, 6) is -1.45. The third kappa shape index (κ3) is 4.26. The number of hydrogen-bond donors (Lipinski definition) is 2. The maximum Gasteiger partial charge on any atom is 0.331 e. The molecule has 1 aromatic carbocycles. The molecule has 2 N–H and O–H groups in total. The molecule has 2 rings (SSSR count). The van der Waals surface area contributed by atoms with Crippen LogP contribution in [0, 0.1) is 17.0 Å². The van der Waals surface area contributed by atoms with Gasteiger partial charge < -0.3 is 9.84 Å². The Morgan fingerprint density at radius 1 is 1.54 bits per heavy atom. The van der Waals surface area contributed by atoms with E-state index in [1.165, 1.54) is 14.0 Å². The number of aromatic hydroxyl groups is 1. The molecule has 0 unspecified atom stereocenters. The van der Waals surface area contributed by atoms with Crippen LogP contribution in [0.25, 0.3) is 0 Å². The Morgan fingerprint density at radius 2 is 2.23 bits per heavy atom. The van der Waals surface area contributed by atoms with Crippen LogP contribution in [0.1, 0.15) is 11.1 Å². The van der Waals surface area contributed by atoms with Gasteiger partial charge in [-0.25, -0.2) is 4.79 Å². The van der Waals surface area contributed by atoms with Crippen LogP contribution in [0.5, 0.6) is 5.75 Å². The first kappa shape index (κ1) is 19.6. The first-order valence-electron chi connectivity index (χ1n) is 6.81. The molecule has 1 fully saturated rings. The summed E-state index contributed by atoms with van der Waals surface area (Å²) in [6.07, 6.45) is 2.12. The second kappa shape index (κ2) is 8.10. The van der Waals surface area contributed by atoms with Crippen molar-refractivity contribution in [3.8, 4) is 5.75 Å². The molecule has 1 saturated heterocycles. The molecule has 26 heavy (non-hydrogen) atoms. The molecule has 1 aliphatic rings. The first-order valence-corrected chi connectivity index (χ1v) is 8.41. The Labute approximate surface area is 159 Å². The van der Waals surface area contributed by atoms with Crippen LogP contribution < -0.4 is 5.32 Å². The maximum atomic E-state index is 11.7. The number of nitro groups is 1. The molecule has 1 aromatic rings. The van der Waals surface area contributed by atoms with Crippen molar-refractivity contribution in [2.75, 3.05) is 7.11 Å². The largest absolute Gasteiger partial charge is 0.506 e. The van der Waals surface area contributed by atoms with Gasteiger partial charge in [-0.2, -0.15) is 5.10 Å². The minimum Gasteiger partial charge on any atom is -0.506 e. The van der Waals surface area contributed by atoms with Gasteiger partial charge >= 0.3 is 5.97 Å². The Kier molecular flexibility index (Phi) is 6.10. The summed E-state index contributed by atoms with van der Waals surface area (Å²) in [6, 6.07) is 1.15. The number of nitro benzene ring substituents is 1. The fourth-order valence-electron chi connectivity index (χ4n) is 1.81. The molecule has 1 heterocycles. The van der Waals surface area contributed by atoms with Gasteiger partial charge in [0.15, 0.2) is 5.17 Å². The number of methoxy groups -OCH3 is 1. The fraction of sp³-hybridized carbons (Fsp3) is 0.143. The lowest BCUT2D eigenvalue weighted by Gasteiger charge is -2.05. The van der Waals surface area contributed by atoms with Crippen LogP contribution in [0.3, 0.4) is 0 Å². The van der Waals surface area contributed by atoms with Gasteiger partial charge in [-0.05, 0) is 34.6 Å². The molecular weight excluding hydrogens is 432 g/mol. The number of carbonyl (C=O) groups excluding carboxylic acids is 2. The molecule has 0 saturated carbocycles. The molecule has 1 amide bonds. The van der Waals surface area contributed by atoms with E-state index in [-0.39, 0.29) is 37.1 Å². The van der Waals surface area contributed by atoms with E-state index in [0.29, 0.717) is 0 Å². The van der Waals surface area contributed by atoms with Crippen molar-refractivity contribution < 1.29 is 24.4 Å². The zero-order valence-electron chi connectivity index (χ0n) is 13.3. The van der Waals surface area contributed by atoms with Crippen molar-refractivity contribution in [3.63, 3.8) is 0 Å². The molecule has 0 bridgehead atoms. The number of halogens is 1. The number of amidine groups is 1. The zero-order valence-corrected chi connectivity index (χ0v) is 15.8. The summed E-state index contributed by atoms with van der Waals surface area (Å²) in [7, 11) is 1.18. The van der Waals surface area contributed by atoms with Gasteiger partial charge in [-0.1, -0.05) is 0 Å². The quantitative estimate of drug-likeness (QED) is 0.238. The molecule has 12 heteroatoms. The molecular formula is C14H11BrN4O6S. The van der Waals surface area contributed by atoms with Gasteiger partial charge in [0.2, 0.25) is 0 Å². The molecule has 0 aliphatic carbocycles. The Morgan fingerprint density at radius 3 is 2.85 bits per heavy atom. The van der Waals surface area contributed by atoms with Gasteiger partial charge in [-0.15, -0.1) is 5.10 Å². The highest BCUT2D eigenvalue weighted by molar-refractivity contribution is 9.10. The summed E-state index contributed by atoms with van der Waals surface area (Å²) in [6.45, 7) is 1.49. The van der Waals surface area contributed by atoms with Gasteiger partial charge in [0.1, 0.15) is 5.75 Å². The second-order valence-electron chi connectivity index (χ2n) is 4.77. The van der Waals surface area contributed by atoms with Gasteiger partial charge in [0, 0.05) is 23.3 Å². The van der Waals surface area contributed by atoms with E-state index in [1.807, 2.05) is 0 Å². The monoisotopic (exact) mass is 442 g/mol. The highest BCUT2D eigenvalue weighted by atomic mass is 79.9. The highest BCUT2D eigenvalue weighted by Gasteiger charge is 2.25. The lowest BCUT2D eigenvalue weighted by atomic mass is 10.1. The lowest BCUT2D eigenvalue weighted by Crippen LogP contribution is -2.19. The molecule has 10 nitrogen and oxygen atoms in total. The number of phenols is 1. The molecule has 0 aromatic heterocycles. The van der Waals surface area contributed by atoms with E-state index in [4.69, 9.17) is 0 Å². The van der Waals surface area contributed by atoms with Crippen LogP contribution in [0.2, 0.25) is 0 Å². The average molecular weight is 443 g/mol. The van der Waals surface area contributed by atoms with Crippen LogP contribution in [0.15, 0.2) is 31.7 Å². The van der Waals surface area contributed by atoms with Crippen LogP contribution in [-0.4, -0.2) is 40.4 Å². The Bertz CT molecular complexity index is 896. The van der Waals surface area contributed by atoms with Gasteiger partial charge in [-0.3, -0.25) is 20.2 Å². The fourth-order valence-corrected chi connectivity index (χ4v) is 2.98. The van der Waals surface area contributed by atoms with Gasteiger partial charge in [0.25, 0.3) is 11.6 Å². The minimum atomic E-state index is -0.686. The Hall–Kier alpha value is -2.73. The number of rotatable bonds is 4. The van der Waals surface area contributed by atoms with Crippen molar-refractivity contribution in [1.29, 1.82) is 0 Å².